The monoisotopic (exact) mass is 400 g/mol. The van der Waals surface area contributed by atoms with Gasteiger partial charge in [-0.05, 0) is 31.4 Å². The molecule has 1 aromatic carbocycles. The number of fused-ring (bicyclic) bond motifs is 1. The average Bonchev–Trinajstić information content (AvgIpc) is 3.20. The number of nitrogens with zero attached hydrogens (tertiary/aromatic N) is 3. The average molecular weight is 400 g/mol. The van der Waals surface area contributed by atoms with E-state index in [-0.39, 0.29) is 11.7 Å². The smallest absolute Gasteiger partial charge is 0.351 e. The molecule has 0 amide bonds. The molecule has 2 aliphatic rings. The maximum atomic E-state index is 12.4. The van der Waals surface area contributed by atoms with Crippen LogP contribution in [0.1, 0.15) is 36.6 Å². The number of benzene rings is 1. The van der Waals surface area contributed by atoms with Gasteiger partial charge in [0.15, 0.2) is 6.23 Å². The second kappa shape index (κ2) is 7.34. The van der Waals surface area contributed by atoms with E-state index < -0.39 is 36.3 Å². The van der Waals surface area contributed by atoms with Gasteiger partial charge in [0.25, 0.3) is 0 Å². The fraction of sp³-hybridized carbons (Fsp3) is 0.450. The number of hydrogen-bond acceptors (Lipinski definition) is 8. The van der Waals surface area contributed by atoms with Gasteiger partial charge >= 0.3 is 5.69 Å². The van der Waals surface area contributed by atoms with Crippen molar-refractivity contribution in [1.82, 2.24) is 9.55 Å². The van der Waals surface area contributed by atoms with Gasteiger partial charge < -0.3 is 25.8 Å². The first kappa shape index (κ1) is 19.7. The van der Waals surface area contributed by atoms with Crippen LogP contribution in [0, 0.1) is 0 Å². The highest BCUT2D eigenvalue weighted by Crippen LogP contribution is 2.38. The molecular formula is C20H24N4O5. The summed E-state index contributed by atoms with van der Waals surface area (Å²) >= 11 is 0. The van der Waals surface area contributed by atoms with Gasteiger partial charge in [0.05, 0.1) is 12.3 Å². The summed E-state index contributed by atoms with van der Waals surface area (Å²) in [6.45, 7) is 0.866. The Kier molecular flexibility index (Phi) is 4.99. The van der Waals surface area contributed by atoms with E-state index in [0.29, 0.717) is 18.4 Å². The molecule has 0 bridgehead atoms. The third kappa shape index (κ3) is 3.36. The number of aromatic nitrogens is 2. The molecule has 1 fully saturated rings. The third-order valence-electron chi connectivity index (χ3n) is 5.70. The molecule has 0 saturated carbocycles. The Labute approximate surface area is 167 Å². The van der Waals surface area contributed by atoms with Crippen LogP contribution in [0.15, 0.2) is 40.2 Å². The lowest BCUT2D eigenvalue weighted by molar-refractivity contribution is -0.0987. The first-order valence-electron chi connectivity index (χ1n) is 9.50. The molecule has 0 radical (unpaired) electrons. The molecule has 3 heterocycles. The lowest BCUT2D eigenvalue weighted by atomic mass is 9.94. The number of para-hydroxylation sites is 1. The number of ether oxygens (including phenoxy) is 1. The van der Waals surface area contributed by atoms with Crippen molar-refractivity contribution in [2.45, 2.75) is 49.7 Å². The lowest BCUT2D eigenvalue weighted by Gasteiger charge is -2.27. The molecule has 0 aliphatic carbocycles. The first-order chi connectivity index (χ1) is 13.8. The van der Waals surface area contributed by atoms with Crippen molar-refractivity contribution in [1.29, 1.82) is 0 Å². The number of aryl methyl sites for hydroxylation is 1. The van der Waals surface area contributed by atoms with Gasteiger partial charge in [-0.3, -0.25) is 9.56 Å². The van der Waals surface area contributed by atoms with Crippen LogP contribution >= 0.6 is 0 Å². The zero-order valence-electron chi connectivity index (χ0n) is 16.0. The van der Waals surface area contributed by atoms with Crippen LogP contribution in [0.2, 0.25) is 0 Å². The maximum Gasteiger partial charge on any atom is 0.351 e. The zero-order valence-corrected chi connectivity index (χ0v) is 16.0. The normalized spacial score (nSPS) is 30.6. The van der Waals surface area contributed by atoms with Crippen molar-refractivity contribution in [3.05, 3.63) is 52.1 Å². The Hall–Kier alpha value is -2.59. The van der Waals surface area contributed by atoms with Gasteiger partial charge in [-0.1, -0.05) is 18.2 Å². The Morgan fingerprint density at radius 1 is 1.34 bits per heavy atom. The van der Waals surface area contributed by atoms with E-state index in [2.05, 4.69) is 9.98 Å². The highest BCUT2D eigenvalue weighted by Gasteiger charge is 2.53. The summed E-state index contributed by atoms with van der Waals surface area (Å²) in [5.74, 6) is 0.253. The van der Waals surface area contributed by atoms with Crippen molar-refractivity contribution >= 4 is 17.7 Å². The van der Waals surface area contributed by atoms with Gasteiger partial charge in [-0.25, -0.2) is 4.79 Å². The molecule has 4 rings (SSSR count). The minimum atomic E-state index is -1.77. The highest BCUT2D eigenvalue weighted by molar-refractivity contribution is 5.80. The number of anilines is 1. The summed E-state index contributed by atoms with van der Waals surface area (Å²) in [5, 5.41) is 30.2. The van der Waals surface area contributed by atoms with Gasteiger partial charge in [-0.15, -0.1) is 0 Å². The van der Waals surface area contributed by atoms with E-state index >= 15 is 0 Å². The van der Waals surface area contributed by atoms with Crippen molar-refractivity contribution in [3.63, 3.8) is 0 Å². The van der Waals surface area contributed by atoms with Crippen LogP contribution in [0.4, 0.5) is 11.5 Å². The van der Waals surface area contributed by atoms with E-state index in [1.165, 1.54) is 13.1 Å². The molecule has 2 aliphatic heterocycles. The predicted octanol–water partition coefficient (Wildman–Crippen LogP) is 0.259. The Morgan fingerprint density at radius 3 is 2.83 bits per heavy atom. The number of nitrogens with two attached hydrogens (primary N) is 1. The Morgan fingerprint density at radius 2 is 2.10 bits per heavy atom. The Balaban J connectivity index is 1.59. The standard InChI is InChI=1S/C20H24N4O5/c1-20(28)16(26)15(10-25)29-18(20)24-9-12(17(21)23-19(24)27)7-6-11-8-22-14-5-3-2-4-13(11)14/h2-5,8-9,11,15-16,18,25-26,28H,6-7,10H2,1H3,(H2,21,23,27)/t11?,15-,16-,18-,20-/m1/s1. The molecular weight excluding hydrogens is 376 g/mol. The number of nitrogen functional groups attached to an aromatic ring is 1. The summed E-state index contributed by atoms with van der Waals surface area (Å²) in [4.78, 5) is 20.7. The van der Waals surface area contributed by atoms with E-state index in [1.807, 2.05) is 30.5 Å². The predicted molar refractivity (Wildman–Crippen MR) is 106 cm³/mol. The minimum absolute atomic E-state index is 0.117. The van der Waals surface area contributed by atoms with Crippen molar-refractivity contribution in [2.75, 3.05) is 12.3 Å². The molecule has 9 heteroatoms. The molecule has 9 nitrogen and oxygen atoms in total. The molecule has 2 aromatic rings. The molecule has 5 atom stereocenters. The van der Waals surface area contributed by atoms with Gasteiger partial charge in [0.1, 0.15) is 23.6 Å². The number of aliphatic hydroxyl groups is 3. The quantitative estimate of drug-likeness (QED) is 0.564. The summed E-state index contributed by atoms with van der Waals surface area (Å²) in [6.07, 6.45) is 1.11. The molecule has 0 spiro atoms. The van der Waals surface area contributed by atoms with Crippen LogP contribution in [0.5, 0.6) is 0 Å². The van der Waals surface area contributed by atoms with Gasteiger partial charge in [0, 0.05) is 23.9 Å². The maximum absolute atomic E-state index is 12.4. The molecule has 1 saturated heterocycles. The molecule has 1 unspecified atom stereocenters. The van der Waals surface area contributed by atoms with Crippen LogP contribution < -0.4 is 11.4 Å². The van der Waals surface area contributed by atoms with Crippen LogP contribution in [-0.2, 0) is 11.2 Å². The topological polar surface area (TPSA) is 143 Å². The highest BCUT2D eigenvalue weighted by atomic mass is 16.6. The Bertz CT molecular complexity index is 1000. The molecule has 5 N–H and O–H groups in total. The van der Waals surface area contributed by atoms with E-state index in [1.54, 1.807) is 0 Å². The second-order valence-electron chi connectivity index (χ2n) is 7.70. The number of aliphatic hydroxyl groups excluding tert-OH is 2. The van der Waals surface area contributed by atoms with Crippen LogP contribution in [-0.4, -0.2) is 55.5 Å². The van der Waals surface area contributed by atoms with Gasteiger partial charge in [0.2, 0.25) is 0 Å². The number of aliphatic imine (C=N–C) groups is 1. The zero-order chi connectivity index (χ0) is 20.8. The van der Waals surface area contributed by atoms with E-state index in [9.17, 15) is 20.1 Å². The molecule has 29 heavy (non-hydrogen) atoms. The lowest BCUT2D eigenvalue weighted by Crippen LogP contribution is -2.46. The van der Waals surface area contributed by atoms with Crippen molar-refractivity contribution in [3.8, 4) is 0 Å². The number of rotatable bonds is 5. The summed E-state index contributed by atoms with van der Waals surface area (Å²) in [5.41, 5.74) is 6.21. The summed E-state index contributed by atoms with van der Waals surface area (Å²) in [7, 11) is 0. The van der Waals surface area contributed by atoms with Crippen molar-refractivity contribution < 1.29 is 20.1 Å². The van der Waals surface area contributed by atoms with Crippen LogP contribution in [0.25, 0.3) is 0 Å². The second-order valence-corrected chi connectivity index (χ2v) is 7.70. The number of hydrogen-bond donors (Lipinski definition) is 4. The van der Waals surface area contributed by atoms with E-state index in [0.717, 1.165) is 15.8 Å². The molecule has 154 valence electrons. The van der Waals surface area contributed by atoms with Crippen LogP contribution in [0.3, 0.4) is 0 Å². The molecule has 1 aromatic heterocycles. The summed E-state index contributed by atoms with van der Waals surface area (Å²) in [6, 6.07) is 7.91. The fourth-order valence-electron chi connectivity index (χ4n) is 3.98. The van der Waals surface area contributed by atoms with E-state index in [4.69, 9.17) is 10.5 Å². The first-order valence-corrected chi connectivity index (χ1v) is 9.50. The SMILES string of the molecule is C[C@@]1(O)[C@H](O)[C@@H](CO)O[C@H]1n1cc(CCC2C=Nc3ccccc32)c(N)nc1=O. The largest absolute Gasteiger partial charge is 0.394 e. The summed E-state index contributed by atoms with van der Waals surface area (Å²) < 4.78 is 6.66. The fourth-order valence-corrected chi connectivity index (χ4v) is 3.98. The van der Waals surface area contributed by atoms with Crippen molar-refractivity contribution in [2.24, 2.45) is 4.99 Å². The van der Waals surface area contributed by atoms with Gasteiger partial charge in [-0.2, -0.15) is 4.98 Å². The minimum Gasteiger partial charge on any atom is -0.394 e. The third-order valence-corrected chi connectivity index (χ3v) is 5.70.